The van der Waals surface area contributed by atoms with Crippen molar-refractivity contribution in [3.05, 3.63) is 70.4 Å². The van der Waals surface area contributed by atoms with Crippen molar-refractivity contribution >= 4 is 17.8 Å². The van der Waals surface area contributed by atoms with Gasteiger partial charge in [0.05, 0.1) is 32.0 Å². The molecule has 0 spiro atoms. The summed E-state index contributed by atoms with van der Waals surface area (Å²) >= 11 is 0. The summed E-state index contributed by atoms with van der Waals surface area (Å²) in [6.07, 6.45) is -4.21. The Balaban J connectivity index is 1.75. The van der Waals surface area contributed by atoms with E-state index in [1.165, 1.54) is 38.2 Å². The maximum atomic E-state index is 13.1. The minimum atomic E-state index is -4.51. The Morgan fingerprint density at radius 2 is 1.72 bits per heavy atom. The van der Waals surface area contributed by atoms with E-state index >= 15 is 0 Å². The first-order valence-corrected chi connectivity index (χ1v) is 12.3. The van der Waals surface area contributed by atoms with Crippen LogP contribution in [0.25, 0.3) is 0 Å². The summed E-state index contributed by atoms with van der Waals surface area (Å²) < 4.78 is 54.8. The molecule has 1 unspecified atom stereocenters. The molecule has 1 aliphatic rings. The van der Waals surface area contributed by atoms with Gasteiger partial charge < -0.3 is 24.4 Å². The summed E-state index contributed by atoms with van der Waals surface area (Å²) in [5.41, 5.74) is 0.803. The molecule has 0 fully saturated rings. The van der Waals surface area contributed by atoms with Crippen LogP contribution in [-0.2, 0) is 31.7 Å². The molecule has 11 heteroatoms. The Kier molecular flexibility index (Phi) is 9.61. The molecule has 1 heterocycles. The average molecular weight is 549 g/mol. The number of hydrogen-bond acceptors (Lipinski definition) is 6. The van der Waals surface area contributed by atoms with Crippen LogP contribution in [0, 0.1) is 0 Å². The van der Waals surface area contributed by atoms with Gasteiger partial charge in [-0.15, -0.1) is 0 Å². The number of halogens is 3. The number of rotatable bonds is 10. The molecule has 2 aromatic rings. The lowest BCUT2D eigenvalue weighted by atomic mass is 9.83. The lowest BCUT2D eigenvalue weighted by Gasteiger charge is -2.34. The molecule has 1 N–H and O–H groups in total. The fraction of sp³-hybridized carbons (Fsp3) is 0.393. The first-order chi connectivity index (χ1) is 18.5. The van der Waals surface area contributed by atoms with E-state index in [1.54, 1.807) is 19.1 Å². The molecule has 0 saturated heterocycles. The molecule has 1 atom stereocenters. The van der Waals surface area contributed by atoms with Gasteiger partial charge in [-0.05, 0) is 55.7 Å². The third kappa shape index (κ3) is 7.10. The molecular formula is C28H31F3N2O6. The third-order valence-electron chi connectivity index (χ3n) is 6.44. The van der Waals surface area contributed by atoms with Crippen molar-refractivity contribution in [3.8, 4) is 11.5 Å². The van der Waals surface area contributed by atoms with Crippen molar-refractivity contribution in [2.45, 2.75) is 38.8 Å². The van der Waals surface area contributed by atoms with E-state index in [2.05, 4.69) is 5.32 Å². The third-order valence-corrected chi connectivity index (χ3v) is 6.44. The number of methoxy groups -OCH3 is 2. The minimum absolute atomic E-state index is 0.0694. The SMILES string of the molecule is CCOC(=O)C1=C(C)N(CC(=O)NCCc2ccc(OC)c(OC)c2)C(=O)CC1c1ccc(C(F)(F)F)cc1. The number of alkyl halides is 3. The molecule has 210 valence electrons. The summed E-state index contributed by atoms with van der Waals surface area (Å²) in [4.78, 5) is 39.8. The fourth-order valence-corrected chi connectivity index (χ4v) is 4.45. The van der Waals surface area contributed by atoms with Crippen LogP contribution >= 0.6 is 0 Å². The van der Waals surface area contributed by atoms with Crippen molar-refractivity contribution in [3.63, 3.8) is 0 Å². The zero-order valence-electron chi connectivity index (χ0n) is 22.2. The van der Waals surface area contributed by atoms with E-state index in [0.29, 0.717) is 23.5 Å². The number of amides is 2. The van der Waals surface area contributed by atoms with Crippen LogP contribution < -0.4 is 14.8 Å². The first kappa shape index (κ1) is 29.5. The van der Waals surface area contributed by atoms with Gasteiger partial charge in [0.2, 0.25) is 11.8 Å². The quantitative estimate of drug-likeness (QED) is 0.447. The van der Waals surface area contributed by atoms with Gasteiger partial charge in [-0.1, -0.05) is 18.2 Å². The maximum Gasteiger partial charge on any atom is 0.416 e. The van der Waals surface area contributed by atoms with Crippen LogP contribution in [-0.4, -0.2) is 56.6 Å². The number of carbonyl (C=O) groups is 3. The molecule has 2 aromatic carbocycles. The van der Waals surface area contributed by atoms with E-state index in [4.69, 9.17) is 14.2 Å². The Labute approximate surface area is 224 Å². The van der Waals surface area contributed by atoms with Crippen molar-refractivity contribution in [2.75, 3.05) is 33.9 Å². The summed E-state index contributed by atoms with van der Waals surface area (Å²) in [6, 6.07) is 9.75. The molecule has 1 aliphatic heterocycles. The topological polar surface area (TPSA) is 94.2 Å². The van der Waals surface area contributed by atoms with Crippen LogP contribution in [0.4, 0.5) is 13.2 Å². The van der Waals surface area contributed by atoms with Crippen molar-refractivity contribution in [1.29, 1.82) is 0 Å². The Morgan fingerprint density at radius 3 is 2.31 bits per heavy atom. The Bertz CT molecular complexity index is 1240. The van der Waals surface area contributed by atoms with Gasteiger partial charge in [0.1, 0.15) is 6.54 Å². The minimum Gasteiger partial charge on any atom is -0.493 e. The van der Waals surface area contributed by atoms with Crippen LogP contribution in [0.3, 0.4) is 0 Å². The smallest absolute Gasteiger partial charge is 0.416 e. The van der Waals surface area contributed by atoms with Gasteiger partial charge in [-0.3, -0.25) is 9.59 Å². The number of nitrogens with one attached hydrogen (secondary N) is 1. The second-order valence-electron chi connectivity index (χ2n) is 8.87. The Hall–Kier alpha value is -4.02. The molecular weight excluding hydrogens is 517 g/mol. The summed E-state index contributed by atoms with van der Waals surface area (Å²) in [5.74, 6) is -1.20. The number of esters is 1. The van der Waals surface area contributed by atoms with Crippen LogP contribution in [0.1, 0.15) is 42.9 Å². The van der Waals surface area contributed by atoms with E-state index in [-0.39, 0.29) is 37.4 Å². The van der Waals surface area contributed by atoms with Gasteiger partial charge in [-0.25, -0.2) is 4.79 Å². The van der Waals surface area contributed by atoms with Crippen LogP contribution in [0.15, 0.2) is 53.7 Å². The van der Waals surface area contributed by atoms with Gasteiger partial charge in [-0.2, -0.15) is 13.2 Å². The molecule has 0 saturated carbocycles. The van der Waals surface area contributed by atoms with Crippen LogP contribution in [0.5, 0.6) is 11.5 Å². The maximum absolute atomic E-state index is 13.1. The highest BCUT2D eigenvalue weighted by molar-refractivity contribution is 5.97. The van der Waals surface area contributed by atoms with Crippen molar-refractivity contribution in [1.82, 2.24) is 10.2 Å². The van der Waals surface area contributed by atoms with E-state index in [1.807, 2.05) is 6.07 Å². The molecule has 0 bridgehead atoms. The number of allylic oxidation sites excluding steroid dienone is 1. The zero-order chi connectivity index (χ0) is 28.7. The molecule has 3 rings (SSSR count). The lowest BCUT2D eigenvalue weighted by molar-refractivity contribution is -0.141. The lowest BCUT2D eigenvalue weighted by Crippen LogP contribution is -2.44. The molecule has 8 nitrogen and oxygen atoms in total. The van der Waals surface area contributed by atoms with Crippen LogP contribution in [0.2, 0.25) is 0 Å². The number of nitrogens with zero attached hydrogens (tertiary/aromatic N) is 1. The first-order valence-electron chi connectivity index (χ1n) is 12.3. The van der Waals surface area contributed by atoms with Gasteiger partial charge in [0.25, 0.3) is 0 Å². The highest BCUT2D eigenvalue weighted by Gasteiger charge is 2.38. The normalized spacial score (nSPS) is 15.7. The number of ether oxygens (including phenoxy) is 3. The zero-order valence-corrected chi connectivity index (χ0v) is 22.2. The molecule has 0 aliphatic carbocycles. The standard InChI is InChI=1S/C28H31F3N2O6/c1-5-39-27(36)26-17(2)33(25(35)15-21(26)19-7-9-20(10-8-19)28(29,30)31)16-24(34)32-13-12-18-6-11-22(37-3)23(14-18)38-4/h6-11,14,21H,5,12-13,15-16H2,1-4H3,(H,32,34). The fourth-order valence-electron chi connectivity index (χ4n) is 4.45. The molecule has 2 amide bonds. The highest BCUT2D eigenvalue weighted by Crippen LogP contribution is 2.38. The van der Waals surface area contributed by atoms with Gasteiger partial charge >= 0.3 is 12.1 Å². The Morgan fingerprint density at radius 1 is 1.05 bits per heavy atom. The predicted octanol–water partition coefficient (Wildman–Crippen LogP) is 4.23. The largest absolute Gasteiger partial charge is 0.493 e. The van der Waals surface area contributed by atoms with Crippen molar-refractivity contribution in [2.24, 2.45) is 0 Å². The summed E-state index contributed by atoms with van der Waals surface area (Å²) in [6.45, 7) is 3.19. The second-order valence-corrected chi connectivity index (χ2v) is 8.87. The van der Waals surface area contributed by atoms with E-state index < -0.39 is 35.4 Å². The number of benzene rings is 2. The molecule has 39 heavy (non-hydrogen) atoms. The average Bonchev–Trinajstić information content (AvgIpc) is 2.90. The molecule has 0 radical (unpaired) electrons. The highest BCUT2D eigenvalue weighted by atomic mass is 19.4. The van der Waals surface area contributed by atoms with E-state index in [9.17, 15) is 27.6 Å². The predicted molar refractivity (Wildman–Crippen MR) is 136 cm³/mol. The summed E-state index contributed by atoms with van der Waals surface area (Å²) in [5, 5.41) is 2.77. The monoisotopic (exact) mass is 548 g/mol. The molecule has 0 aromatic heterocycles. The van der Waals surface area contributed by atoms with Crippen molar-refractivity contribution < 1.29 is 41.8 Å². The summed E-state index contributed by atoms with van der Waals surface area (Å²) in [7, 11) is 3.07. The van der Waals surface area contributed by atoms with E-state index in [0.717, 1.165) is 17.7 Å². The second kappa shape index (κ2) is 12.7. The number of carbonyl (C=O) groups excluding carboxylic acids is 3. The van der Waals surface area contributed by atoms with Gasteiger partial charge in [0, 0.05) is 24.6 Å². The van der Waals surface area contributed by atoms with Gasteiger partial charge in [0.15, 0.2) is 11.5 Å². The number of hydrogen-bond donors (Lipinski definition) is 1.